The molecule has 0 spiro atoms. The van der Waals surface area contributed by atoms with Gasteiger partial charge >= 0.3 is 0 Å². The van der Waals surface area contributed by atoms with Crippen molar-refractivity contribution in [3.05, 3.63) is 63.6 Å². The third-order valence-corrected chi connectivity index (χ3v) is 5.70. The van der Waals surface area contributed by atoms with E-state index in [9.17, 15) is 9.59 Å². The molecule has 168 valence electrons. The fourth-order valence-corrected chi connectivity index (χ4v) is 3.31. The summed E-state index contributed by atoms with van der Waals surface area (Å²) in [5, 5.41) is 3.68. The zero-order chi connectivity index (χ0) is 23.0. The third kappa shape index (κ3) is 7.44. The van der Waals surface area contributed by atoms with Crippen LogP contribution in [0.5, 0.6) is 5.75 Å². The van der Waals surface area contributed by atoms with Gasteiger partial charge in [-0.05, 0) is 54.7 Å². The highest BCUT2D eigenvalue weighted by Crippen LogP contribution is 2.24. The molecule has 2 aromatic carbocycles. The standard InChI is InChI=1S/C24H30Cl2N2O3/c1-5-12-27-24(30)17(4)28(14-18-6-11-21(25)22(26)13-18)23(29)15-31-20-9-7-19(8-10-20)16(2)3/h6-11,13,16-17H,5,12,14-15H2,1-4H3,(H,27,30)/t17-/m0/s1. The molecule has 2 aromatic rings. The summed E-state index contributed by atoms with van der Waals surface area (Å²) in [7, 11) is 0. The molecule has 2 amide bonds. The molecule has 0 aromatic heterocycles. The van der Waals surface area contributed by atoms with E-state index in [1.807, 2.05) is 31.2 Å². The molecule has 0 saturated carbocycles. The fraction of sp³-hybridized carbons (Fsp3) is 0.417. The van der Waals surface area contributed by atoms with Gasteiger partial charge in [0.15, 0.2) is 6.61 Å². The Morgan fingerprint density at radius 3 is 2.29 bits per heavy atom. The molecule has 1 N–H and O–H groups in total. The van der Waals surface area contributed by atoms with Crippen molar-refractivity contribution in [2.24, 2.45) is 0 Å². The van der Waals surface area contributed by atoms with Crippen LogP contribution < -0.4 is 10.1 Å². The van der Waals surface area contributed by atoms with Crippen LogP contribution in [0.3, 0.4) is 0 Å². The van der Waals surface area contributed by atoms with Gasteiger partial charge in [0, 0.05) is 13.1 Å². The van der Waals surface area contributed by atoms with E-state index in [1.54, 1.807) is 25.1 Å². The van der Waals surface area contributed by atoms with Crippen molar-refractivity contribution >= 4 is 35.0 Å². The Morgan fingerprint density at radius 2 is 1.71 bits per heavy atom. The number of benzene rings is 2. The lowest BCUT2D eigenvalue weighted by Crippen LogP contribution is -2.49. The number of nitrogens with zero attached hydrogens (tertiary/aromatic N) is 1. The van der Waals surface area contributed by atoms with Crippen molar-refractivity contribution in [3.8, 4) is 5.75 Å². The van der Waals surface area contributed by atoms with Crippen molar-refractivity contribution in [1.82, 2.24) is 10.2 Å². The average molecular weight is 465 g/mol. The molecule has 0 unspecified atom stereocenters. The number of amides is 2. The number of halogens is 2. The zero-order valence-corrected chi connectivity index (χ0v) is 20.0. The maximum absolute atomic E-state index is 13.0. The Morgan fingerprint density at radius 1 is 1.03 bits per heavy atom. The van der Waals surface area contributed by atoms with Crippen LogP contribution in [-0.4, -0.2) is 35.9 Å². The molecule has 0 aliphatic carbocycles. The van der Waals surface area contributed by atoms with Crippen LogP contribution in [0.15, 0.2) is 42.5 Å². The largest absolute Gasteiger partial charge is 0.484 e. The minimum atomic E-state index is -0.666. The van der Waals surface area contributed by atoms with Crippen molar-refractivity contribution in [2.75, 3.05) is 13.2 Å². The predicted molar refractivity (Wildman–Crippen MR) is 126 cm³/mol. The quantitative estimate of drug-likeness (QED) is 0.509. The molecular weight excluding hydrogens is 435 g/mol. The minimum absolute atomic E-state index is 0.173. The first-order chi connectivity index (χ1) is 14.7. The SMILES string of the molecule is CCCNC(=O)[C@H](C)N(Cc1ccc(Cl)c(Cl)c1)C(=O)COc1ccc(C(C)C)cc1. The second kappa shape index (κ2) is 12.0. The van der Waals surface area contributed by atoms with E-state index in [4.69, 9.17) is 27.9 Å². The van der Waals surface area contributed by atoms with Crippen molar-refractivity contribution in [2.45, 2.75) is 52.6 Å². The Balaban J connectivity index is 2.14. The lowest BCUT2D eigenvalue weighted by atomic mass is 10.0. The maximum atomic E-state index is 13.0. The summed E-state index contributed by atoms with van der Waals surface area (Å²) < 4.78 is 5.71. The van der Waals surface area contributed by atoms with Crippen LogP contribution in [0, 0.1) is 0 Å². The Labute approximate surface area is 194 Å². The summed E-state index contributed by atoms with van der Waals surface area (Å²) in [6.45, 7) is 8.51. The molecule has 0 fully saturated rings. The molecule has 7 heteroatoms. The Hall–Kier alpha value is -2.24. The van der Waals surface area contributed by atoms with Crippen LogP contribution in [0.2, 0.25) is 10.0 Å². The fourth-order valence-electron chi connectivity index (χ4n) is 2.99. The van der Waals surface area contributed by atoms with Gasteiger partial charge in [-0.3, -0.25) is 9.59 Å². The Kier molecular flexibility index (Phi) is 9.66. The number of carbonyl (C=O) groups is 2. The van der Waals surface area contributed by atoms with Crippen LogP contribution >= 0.6 is 23.2 Å². The molecule has 0 aliphatic heterocycles. The molecule has 1 atom stereocenters. The molecule has 31 heavy (non-hydrogen) atoms. The Bertz CT molecular complexity index is 885. The lowest BCUT2D eigenvalue weighted by Gasteiger charge is -2.29. The van der Waals surface area contributed by atoms with E-state index in [-0.39, 0.29) is 25.0 Å². The number of hydrogen-bond acceptors (Lipinski definition) is 3. The maximum Gasteiger partial charge on any atom is 0.261 e. The van der Waals surface area contributed by atoms with E-state index < -0.39 is 6.04 Å². The van der Waals surface area contributed by atoms with E-state index in [0.717, 1.165) is 12.0 Å². The third-order valence-electron chi connectivity index (χ3n) is 4.96. The summed E-state index contributed by atoms with van der Waals surface area (Å²) in [6, 6.07) is 12.2. The first-order valence-corrected chi connectivity index (χ1v) is 11.2. The predicted octanol–water partition coefficient (Wildman–Crippen LogP) is 5.44. The van der Waals surface area contributed by atoms with Gasteiger partial charge < -0.3 is 15.0 Å². The summed E-state index contributed by atoms with van der Waals surface area (Å²) in [5.74, 6) is 0.518. The van der Waals surface area contributed by atoms with Gasteiger partial charge in [0.2, 0.25) is 5.91 Å². The topological polar surface area (TPSA) is 58.6 Å². The zero-order valence-electron chi connectivity index (χ0n) is 18.5. The second-order valence-corrected chi connectivity index (χ2v) is 8.56. The minimum Gasteiger partial charge on any atom is -0.484 e. The van der Waals surface area contributed by atoms with E-state index >= 15 is 0 Å². The van der Waals surface area contributed by atoms with Crippen molar-refractivity contribution in [1.29, 1.82) is 0 Å². The van der Waals surface area contributed by atoms with Gasteiger partial charge in [-0.1, -0.05) is 62.2 Å². The molecule has 0 heterocycles. The van der Waals surface area contributed by atoms with Crippen LogP contribution in [0.1, 0.15) is 51.2 Å². The van der Waals surface area contributed by atoms with Crippen LogP contribution in [0.25, 0.3) is 0 Å². The molecule has 0 saturated heterocycles. The molecule has 0 radical (unpaired) electrons. The van der Waals surface area contributed by atoms with Gasteiger partial charge in [0.05, 0.1) is 10.0 Å². The van der Waals surface area contributed by atoms with Gasteiger partial charge in [0.25, 0.3) is 5.91 Å². The van der Waals surface area contributed by atoms with E-state index in [2.05, 4.69) is 19.2 Å². The van der Waals surface area contributed by atoms with Gasteiger partial charge in [-0.15, -0.1) is 0 Å². The van der Waals surface area contributed by atoms with E-state index in [0.29, 0.717) is 28.3 Å². The molecular formula is C24H30Cl2N2O3. The highest BCUT2D eigenvalue weighted by molar-refractivity contribution is 6.42. The summed E-state index contributed by atoms with van der Waals surface area (Å²) in [4.78, 5) is 27.1. The normalized spacial score (nSPS) is 11.8. The smallest absolute Gasteiger partial charge is 0.261 e. The highest BCUT2D eigenvalue weighted by Gasteiger charge is 2.26. The average Bonchev–Trinajstić information content (AvgIpc) is 2.76. The molecule has 0 bridgehead atoms. The van der Waals surface area contributed by atoms with Crippen molar-refractivity contribution in [3.63, 3.8) is 0 Å². The van der Waals surface area contributed by atoms with Gasteiger partial charge in [-0.25, -0.2) is 0 Å². The lowest BCUT2D eigenvalue weighted by molar-refractivity contribution is -0.142. The number of hydrogen-bond donors (Lipinski definition) is 1. The molecule has 5 nitrogen and oxygen atoms in total. The van der Waals surface area contributed by atoms with E-state index in [1.165, 1.54) is 10.5 Å². The van der Waals surface area contributed by atoms with Gasteiger partial charge in [-0.2, -0.15) is 0 Å². The van der Waals surface area contributed by atoms with Crippen LogP contribution in [0.4, 0.5) is 0 Å². The highest BCUT2D eigenvalue weighted by atomic mass is 35.5. The van der Waals surface area contributed by atoms with Gasteiger partial charge in [0.1, 0.15) is 11.8 Å². The number of ether oxygens (including phenoxy) is 1. The summed E-state index contributed by atoms with van der Waals surface area (Å²) in [5.41, 5.74) is 1.97. The monoisotopic (exact) mass is 464 g/mol. The molecule has 2 rings (SSSR count). The number of carbonyl (C=O) groups excluding carboxylic acids is 2. The number of nitrogens with one attached hydrogen (secondary N) is 1. The first kappa shape index (κ1) is 25.0. The van der Waals surface area contributed by atoms with Crippen LogP contribution in [-0.2, 0) is 16.1 Å². The summed E-state index contributed by atoms with van der Waals surface area (Å²) >= 11 is 12.1. The van der Waals surface area contributed by atoms with Crippen molar-refractivity contribution < 1.29 is 14.3 Å². The molecule has 0 aliphatic rings. The summed E-state index contributed by atoms with van der Waals surface area (Å²) in [6.07, 6.45) is 0.814. The second-order valence-electron chi connectivity index (χ2n) is 7.75. The number of rotatable bonds is 10. The first-order valence-electron chi connectivity index (χ1n) is 10.5.